The standard InChI is InChI=1S/C16H23NO3/c1-10(2)13(15(19)20)17-14(18)11-6-8-12(9-7-11)16(3,4)5/h6-10,13H,1-5H3,(H,17,18)(H,19,20)/p-1/t13-/m0/s1. The molecule has 4 heteroatoms. The Hall–Kier alpha value is -1.84. The molecule has 0 bridgehead atoms. The molecule has 0 fully saturated rings. The quantitative estimate of drug-likeness (QED) is 0.905. The molecule has 4 nitrogen and oxygen atoms in total. The highest BCUT2D eigenvalue weighted by molar-refractivity contribution is 5.96. The first kappa shape index (κ1) is 16.2. The molecule has 0 aromatic heterocycles. The summed E-state index contributed by atoms with van der Waals surface area (Å²) in [5, 5.41) is 13.5. The fourth-order valence-corrected chi connectivity index (χ4v) is 1.84. The number of aliphatic carboxylic acids is 1. The van der Waals surface area contributed by atoms with Gasteiger partial charge in [-0.25, -0.2) is 0 Å². The summed E-state index contributed by atoms with van der Waals surface area (Å²) in [5.41, 5.74) is 1.58. The van der Waals surface area contributed by atoms with Crippen LogP contribution in [0.5, 0.6) is 0 Å². The van der Waals surface area contributed by atoms with E-state index >= 15 is 0 Å². The van der Waals surface area contributed by atoms with Crippen molar-refractivity contribution < 1.29 is 14.7 Å². The number of amides is 1. The fraction of sp³-hybridized carbons (Fsp3) is 0.500. The summed E-state index contributed by atoms with van der Waals surface area (Å²) in [5.74, 6) is -1.88. The van der Waals surface area contributed by atoms with E-state index in [4.69, 9.17) is 0 Å². The van der Waals surface area contributed by atoms with Crippen LogP contribution in [0.1, 0.15) is 50.5 Å². The van der Waals surface area contributed by atoms with Crippen molar-refractivity contribution in [3.05, 3.63) is 35.4 Å². The second-order valence-corrected chi connectivity index (χ2v) is 6.34. The van der Waals surface area contributed by atoms with E-state index in [1.54, 1.807) is 26.0 Å². The first-order valence-electron chi connectivity index (χ1n) is 6.75. The van der Waals surface area contributed by atoms with Crippen LogP contribution in [-0.4, -0.2) is 17.9 Å². The van der Waals surface area contributed by atoms with Gasteiger partial charge in [-0.05, 0) is 29.0 Å². The lowest BCUT2D eigenvalue weighted by atomic mass is 9.86. The molecule has 0 unspecified atom stereocenters. The predicted molar refractivity (Wildman–Crippen MR) is 76.2 cm³/mol. The number of hydrogen-bond acceptors (Lipinski definition) is 3. The zero-order valence-electron chi connectivity index (χ0n) is 12.7. The number of rotatable bonds is 4. The Morgan fingerprint density at radius 1 is 1.10 bits per heavy atom. The van der Waals surface area contributed by atoms with Crippen molar-refractivity contribution in [3.8, 4) is 0 Å². The minimum absolute atomic E-state index is 0.0143. The van der Waals surface area contributed by atoms with Gasteiger partial charge in [0, 0.05) is 5.56 Å². The fourth-order valence-electron chi connectivity index (χ4n) is 1.84. The summed E-state index contributed by atoms with van der Waals surface area (Å²) in [6, 6.07) is 6.21. The van der Waals surface area contributed by atoms with E-state index in [1.165, 1.54) is 0 Å². The van der Waals surface area contributed by atoms with E-state index in [2.05, 4.69) is 26.1 Å². The van der Waals surface area contributed by atoms with Gasteiger partial charge in [-0.3, -0.25) is 4.79 Å². The van der Waals surface area contributed by atoms with Crippen LogP contribution in [0.3, 0.4) is 0 Å². The van der Waals surface area contributed by atoms with Crippen molar-refractivity contribution in [3.63, 3.8) is 0 Å². The lowest BCUT2D eigenvalue weighted by molar-refractivity contribution is -0.309. The average Bonchev–Trinajstić information content (AvgIpc) is 2.34. The first-order valence-corrected chi connectivity index (χ1v) is 6.75. The summed E-state index contributed by atoms with van der Waals surface area (Å²) < 4.78 is 0. The van der Waals surface area contributed by atoms with Crippen molar-refractivity contribution in [2.24, 2.45) is 5.92 Å². The predicted octanol–water partition coefficient (Wildman–Crippen LogP) is 1.49. The zero-order valence-corrected chi connectivity index (χ0v) is 12.7. The molecule has 0 radical (unpaired) electrons. The van der Waals surface area contributed by atoms with Crippen molar-refractivity contribution in [2.45, 2.75) is 46.1 Å². The van der Waals surface area contributed by atoms with Crippen LogP contribution < -0.4 is 10.4 Å². The number of carboxylic acid groups (broad SMARTS) is 1. The number of carbonyl (C=O) groups excluding carboxylic acids is 2. The smallest absolute Gasteiger partial charge is 0.251 e. The molecule has 1 N–H and O–H groups in total. The molecule has 0 saturated carbocycles. The minimum Gasteiger partial charge on any atom is -0.548 e. The van der Waals surface area contributed by atoms with Crippen LogP contribution in [-0.2, 0) is 10.2 Å². The molecule has 0 saturated heterocycles. The van der Waals surface area contributed by atoms with Gasteiger partial charge in [-0.15, -0.1) is 0 Å². The van der Waals surface area contributed by atoms with Crippen LogP contribution in [0.4, 0.5) is 0 Å². The maximum atomic E-state index is 12.0. The number of carboxylic acids is 1. The first-order chi connectivity index (χ1) is 9.12. The lowest BCUT2D eigenvalue weighted by Crippen LogP contribution is -2.50. The maximum Gasteiger partial charge on any atom is 0.251 e. The molecule has 0 aliphatic carbocycles. The molecule has 1 atom stereocenters. The third-order valence-corrected chi connectivity index (χ3v) is 3.22. The third kappa shape index (κ3) is 4.08. The van der Waals surface area contributed by atoms with Gasteiger partial charge in [0.1, 0.15) is 0 Å². The van der Waals surface area contributed by atoms with E-state index in [0.29, 0.717) is 5.56 Å². The Balaban J connectivity index is 2.85. The highest BCUT2D eigenvalue weighted by atomic mass is 16.4. The maximum absolute atomic E-state index is 12.0. The number of hydrogen-bond donors (Lipinski definition) is 1. The monoisotopic (exact) mass is 276 g/mol. The molecular weight excluding hydrogens is 254 g/mol. The zero-order chi connectivity index (χ0) is 15.5. The second kappa shape index (κ2) is 6.07. The average molecular weight is 276 g/mol. The van der Waals surface area contributed by atoms with Crippen LogP contribution in [0.2, 0.25) is 0 Å². The normalized spacial score (nSPS) is 13.1. The van der Waals surface area contributed by atoms with Gasteiger partial charge in [-0.2, -0.15) is 0 Å². The van der Waals surface area contributed by atoms with Crippen molar-refractivity contribution in [1.82, 2.24) is 5.32 Å². The topological polar surface area (TPSA) is 69.2 Å². The van der Waals surface area contributed by atoms with Crippen LogP contribution >= 0.6 is 0 Å². The molecular formula is C16H22NO3-. The highest BCUT2D eigenvalue weighted by Gasteiger charge is 2.19. The van der Waals surface area contributed by atoms with Crippen LogP contribution in [0.25, 0.3) is 0 Å². The van der Waals surface area contributed by atoms with Crippen LogP contribution in [0.15, 0.2) is 24.3 Å². The SMILES string of the molecule is CC(C)[C@H](NC(=O)c1ccc(C(C)(C)C)cc1)C(=O)[O-]. The number of carbonyl (C=O) groups is 2. The van der Waals surface area contributed by atoms with E-state index in [-0.39, 0.29) is 11.3 Å². The van der Waals surface area contributed by atoms with E-state index in [9.17, 15) is 14.7 Å². The van der Waals surface area contributed by atoms with E-state index in [0.717, 1.165) is 5.56 Å². The largest absolute Gasteiger partial charge is 0.548 e. The van der Waals surface area contributed by atoms with Gasteiger partial charge < -0.3 is 15.2 Å². The van der Waals surface area contributed by atoms with Crippen LogP contribution in [0, 0.1) is 5.92 Å². The van der Waals surface area contributed by atoms with Gasteiger partial charge in [0.05, 0.1) is 12.0 Å². The molecule has 1 rings (SSSR count). The molecule has 0 spiro atoms. The molecule has 1 amide bonds. The minimum atomic E-state index is -1.26. The molecule has 0 heterocycles. The summed E-state index contributed by atoms with van der Waals surface area (Å²) in [7, 11) is 0. The van der Waals surface area contributed by atoms with Gasteiger partial charge in [0.25, 0.3) is 5.91 Å². The Morgan fingerprint density at radius 2 is 1.60 bits per heavy atom. The summed E-state index contributed by atoms with van der Waals surface area (Å²) >= 11 is 0. The summed E-state index contributed by atoms with van der Waals surface area (Å²) in [6.07, 6.45) is 0. The van der Waals surface area contributed by atoms with E-state index in [1.807, 2.05) is 12.1 Å². The van der Waals surface area contributed by atoms with Gasteiger partial charge in [0.2, 0.25) is 0 Å². The van der Waals surface area contributed by atoms with E-state index < -0.39 is 17.9 Å². The summed E-state index contributed by atoms with van der Waals surface area (Å²) in [4.78, 5) is 23.0. The molecule has 1 aromatic rings. The molecule has 0 aliphatic heterocycles. The Labute approximate surface area is 120 Å². The van der Waals surface area contributed by atoms with Gasteiger partial charge in [0.15, 0.2) is 0 Å². The second-order valence-electron chi connectivity index (χ2n) is 6.34. The van der Waals surface area contributed by atoms with Crippen molar-refractivity contribution in [1.29, 1.82) is 0 Å². The molecule has 20 heavy (non-hydrogen) atoms. The highest BCUT2D eigenvalue weighted by Crippen LogP contribution is 2.22. The van der Waals surface area contributed by atoms with Gasteiger partial charge >= 0.3 is 0 Å². The third-order valence-electron chi connectivity index (χ3n) is 3.22. The Bertz CT molecular complexity index is 483. The molecule has 110 valence electrons. The lowest BCUT2D eigenvalue weighted by Gasteiger charge is -2.23. The Kier molecular flexibility index (Phi) is 4.93. The van der Waals surface area contributed by atoms with Gasteiger partial charge in [-0.1, -0.05) is 46.8 Å². The molecule has 0 aliphatic rings. The molecule has 1 aromatic carbocycles. The number of benzene rings is 1. The van der Waals surface area contributed by atoms with Crippen molar-refractivity contribution in [2.75, 3.05) is 0 Å². The van der Waals surface area contributed by atoms with Crippen molar-refractivity contribution >= 4 is 11.9 Å². The Morgan fingerprint density at radius 3 is 1.95 bits per heavy atom. The summed E-state index contributed by atoms with van der Waals surface area (Å²) in [6.45, 7) is 9.72. The number of nitrogens with one attached hydrogen (secondary N) is 1.